The summed E-state index contributed by atoms with van der Waals surface area (Å²) in [5, 5.41) is 0.939. The number of hydrogen-bond acceptors (Lipinski definition) is 4. The number of hydrogen-bond donors (Lipinski definition) is 0. The molecule has 0 unspecified atom stereocenters. The highest BCUT2D eigenvalue weighted by Crippen LogP contribution is 2.23. The van der Waals surface area contributed by atoms with E-state index in [0.717, 1.165) is 16.7 Å². The van der Waals surface area contributed by atoms with Gasteiger partial charge in [-0.1, -0.05) is 18.2 Å². The third-order valence-electron chi connectivity index (χ3n) is 3.71. The molecule has 0 saturated carbocycles. The van der Waals surface area contributed by atoms with Crippen LogP contribution in [0.25, 0.3) is 11.0 Å². The van der Waals surface area contributed by atoms with Crippen molar-refractivity contribution in [1.29, 1.82) is 0 Å². The van der Waals surface area contributed by atoms with Crippen LogP contribution in [0.3, 0.4) is 0 Å². The molecule has 1 saturated heterocycles. The van der Waals surface area contributed by atoms with E-state index in [-0.39, 0.29) is 12.0 Å². The lowest BCUT2D eigenvalue weighted by Gasteiger charge is -2.38. The predicted octanol–water partition coefficient (Wildman–Crippen LogP) is 2.73. The maximum absolute atomic E-state index is 12.4. The van der Waals surface area contributed by atoms with Gasteiger partial charge in [0.2, 0.25) is 0 Å². The molecule has 1 fully saturated rings. The zero-order valence-corrected chi connectivity index (χ0v) is 11.8. The number of carbonyl (C=O) groups is 1. The van der Waals surface area contributed by atoms with Gasteiger partial charge in [-0.15, -0.1) is 0 Å². The van der Waals surface area contributed by atoms with Crippen molar-refractivity contribution in [3.63, 3.8) is 0 Å². The van der Waals surface area contributed by atoms with Crippen LogP contribution in [0.1, 0.15) is 10.6 Å². The largest absolute Gasteiger partial charge is 0.485 e. The van der Waals surface area contributed by atoms with Gasteiger partial charge in [0.15, 0.2) is 5.76 Å². The SMILES string of the molecule is O=C(c1cc2ccccc2o1)N1CC(Oc2cccnc2)C1. The molecular weight excluding hydrogens is 280 g/mol. The molecule has 1 amide bonds. The van der Waals surface area contributed by atoms with Crippen molar-refractivity contribution >= 4 is 16.9 Å². The molecule has 0 spiro atoms. The number of amides is 1. The Morgan fingerprint density at radius 1 is 1.23 bits per heavy atom. The Bertz CT molecular complexity index is 774. The van der Waals surface area contributed by atoms with Crippen molar-refractivity contribution < 1.29 is 13.9 Å². The number of nitrogens with zero attached hydrogens (tertiary/aromatic N) is 2. The molecule has 0 radical (unpaired) electrons. The van der Waals surface area contributed by atoms with Crippen LogP contribution in [-0.4, -0.2) is 35.0 Å². The lowest BCUT2D eigenvalue weighted by atomic mass is 10.1. The van der Waals surface area contributed by atoms with Gasteiger partial charge in [-0.2, -0.15) is 0 Å². The first kappa shape index (κ1) is 12.9. The van der Waals surface area contributed by atoms with E-state index >= 15 is 0 Å². The van der Waals surface area contributed by atoms with E-state index in [9.17, 15) is 4.79 Å². The highest BCUT2D eigenvalue weighted by Gasteiger charge is 2.34. The summed E-state index contributed by atoms with van der Waals surface area (Å²) in [7, 11) is 0. The first-order chi connectivity index (χ1) is 10.8. The molecule has 0 aliphatic carbocycles. The monoisotopic (exact) mass is 294 g/mol. The number of aromatic nitrogens is 1. The van der Waals surface area contributed by atoms with E-state index in [1.165, 1.54) is 0 Å². The van der Waals surface area contributed by atoms with Crippen LogP contribution in [0.5, 0.6) is 5.75 Å². The van der Waals surface area contributed by atoms with Crippen molar-refractivity contribution in [1.82, 2.24) is 9.88 Å². The Morgan fingerprint density at radius 3 is 2.86 bits per heavy atom. The predicted molar refractivity (Wildman–Crippen MR) is 80.8 cm³/mol. The van der Waals surface area contributed by atoms with E-state index in [2.05, 4.69) is 4.98 Å². The number of likely N-dealkylation sites (tertiary alicyclic amines) is 1. The zero-order chi connectivity index (χ0) is 14.9. The van der Waals surface area contributed by atoms with Gasteiger partial charge in [0.05, 0.1) is 19.3 Å². The van der Waals surface area contributed by atoms with Crippen molar-refractivity contribution in [3.8, 4) is 5.75 Å². The quantitative estimate of drug-likeness (QED) is 0.745. The molecule has 3 aromatic rings. The van der Waals surface area contributed by atoms with Gasteiger partial charge in [0.25, 0.3) is 5.91 Å². The highest BCUT2D eigenvalue weighted by molar-refractivity contribution is 5.96. The topological polar surface area (TPSA) is 55.6 Å². The molecule has 22 heavy (non-hydrogen) atoms. The molecule has 1 aromatic carbocycles. The third-order valence-corrected chi connectivity index (χ3v) is 3.71. The van der Waals surface area contributed by atoms with Crippen LogP contribution < -0.4 is 4.74 Å². The summed E-state index contributed by atoms with van der Waals surface area (Å²) >= 11 is 0. The van der Waals surface area contributed by atoms with E-state index in [1.807, 2.05) is 36.4 Å². The van der Waals surface area contributed by atoms with Crippen molar-refractivity contribution in [2.45, 2.75) is 6.10 Å². The number of ether oxygens (including phenoxy) is 1. The van der Waals surface area contributed by atoms with Gasteiger partial charge < -0.3 is 14.1 Å². The lowest BCUT2D eigenvalue weighted by molar-refractivity contribution is 0.0155. The molecule has 0 N–H and O–H groups in total. The number of furan rings is 1. The van der Waals surface area contributed by atoms with Gasteiger partial charge in [-0.25, -0.2) is 0 Å². The Morgan fingerprint density at radius 2 is 2.09 bits per heavy atom. The summed E-state index contributed by atoms with van der Waals surface area (Å²) in [5.41, 5.74) is 0.731. The van der Waals surface area contributed by atoms with Gasteiger partial charge in [0, 0.05) is 11.6 Å². The average Bonchev–Trinajstić information content (AvgIpc) is 2.95. The molecule has 5 heteroatoms. The number of benzene rings is 1. The average molecular weight is 294 g/mol. The van der Waals surface area contributed by atoms with Crippen molar-refractivity contribution in [2.24, 2.45) is 0 Å². The summed E-state index contributed by atoms with van der Waals surface area (Å²) < 4.78 is 11.3. The van der Waals surface area contributed by atoms with Crippen LogP contribution >= 0.6 is 0 Å². The lowest BCUT2D eigenvalue weighted by Crippen LogP contribution is -2.56. The number of carbonyl (C=O) groups excluding carboxylic acids is 1. The Kier molecular flexibility index (Phi) is 3.04. The highest BCUT2D eigenvalue weighted by atomic mass is 16.5. The molecular formula is C17H14N2O3. The number of pyridine rings is 1. The molecule has 0 atom stereocenters. The van der Waals surface area contributed by atoms with Gasteiger partial charge in [0.1, 0.15) is 17.4 Å². The van der Waals surface area contributed by atoms with Crippen LogP contribution in [0.15, 0.2) is 59.3 Å². The van der Waals surface area contributed by atoms with Gasteiger partial charge in [-0.3, -0.25) is 9.78 Å². The van der Waals surface area contributed by atoms with Gasteiger partial charge in [-0.05, 0) is 24.3 Å². The summed E-state index contributed by atoms with van der Waals surface area (Å²) in [4.78, 5) is 18.1. The minimum Gasteiger partial charge on any atom is -0.485 e. The zero-order valence-electron chi connectivity index (χ0n) is 11.8. The van der Waals surface area contributed by atoms with Crippen LogP contribution in [-0.2, 0) is 0 Å². The van der Waals surface area contributed by atoms with E-state index in [1.54, 1.807) is 23.4 Å². The van der Waals surface area contributed by atoms with Crippen LogP contribution in [0.2, 0.25) is 0 Å². The number of fused-ring (bicyclic) bond motifs is 1. The second-order valence-corrected chi connectivity index (χ2v) is 5.29. The summed E-state index contributed by atoms with van der Waals surface area (Å²) in [6.07, 6.45) is 3.38. The van der Waals surface area contributed by atoms with Crippen LogP contribution in [0.4, 0.5) is 0 Å². The fourth-order valence-corrected chi connectivity index (χ4v) is 2.53. The Labute approximate surface area is 127 Å². The second kappa shape index (κ2) is 5.18. The molecule has 3 heterocycles. The Balaban J connectivity index is 1.41. The molecule has 110 valence electrons. The smallest absolute Gasteiger partial charge is 0.289 e. The van der Waals surface area contributed by atoms with Gasteiger partial charge >= 0.3 is 0 Å². The molecule has 2 aromatic heterocycles. The minimum absolute atomic E-state index is 0.0116. The van der Waals surface area contributed by atoms with Crippen molar-refractivity contribution in [2.75, 3.05) is 13.1 Å². The normalized spacial score (nSPS) is 14.8. The summed E-state index contributed by atoms with van der Waals surface area (Å²) in [5.74, 6) is 1.01. The molecule has 0 bridgehead atoms. The molecule has 1 aliphatic heterocycles. The molecule has 5 nitrogen and oxygen atoms in total. The summed E-state index contributed by atoms with van der Waals surface area (Å²) in [6.45, 7) is 1.12. The van der Waals surface area contributed by atoms with Crippen LogP contribution in [0, 0.1) is 0 Å². The maximum atomic E-state index is 12.4. The van der Waals surface area contributed by atoms with E-state index < -0.39 is 0 Å². The minimum atomic E-state index is -0.0952. The fourth-order valence-electron chi connectivity index (χ4n) is 2.53. The molecule has 1 aliphatic rings. The number of para-hydroxylation sites is 1. The standard InChI is InChI=1S/C17H14N2O3/c20-17(16-8-12-4-1-2-6-15(12)22-16)19-10-14(11-19)21-13-5-3-7-18-9-13/h1-9,14H,10-11H2. The summed E-state index contributed by atoms with van der Waals surface area (Å²) in [6, 6.07) is 13.1. The molecule has 4 rings (SSSR count). The first-order valence-electron chi connectivity index (χ1n) is 7.14. The third kappa shape index (κ3) is 2.30. The number of rotatable bonds is 3. The first-order valence-corrected chi connectivity index (χ1v) is 7.14. The van der Waals surface area contributed by atoms with Crippen molar-refractivity contribution in [3.05, 3.63) is 60.6 Å². The Hall–Kier alpha value is -2.82. The maximum Gasteiger partial charge on any atom is 0.289 e. The van der Waals surface area contributed by atoms with E-state index in [4.69, 9.17) is 9.15 Å². The van der Waals surface area contributed by atoms with E-state index in [0.29, 0.717) is 18.8 Å². The fraction of sp³-hybridized carbons (Fsp3) is 0.176. The second-order valence-electron chi connectivity index (χ2n) is 5.29.